The number of amides is 1. The molecule has 1 aliphatic rings. The molecule has 1 amide bonds. The molecule has 2 aromatic rings. The van der Waals surface area contributed by atoms with Crippen molar-refractivity contribution < 1.29 is 4.79 Å². The Morgan fingerprint density at radius 2 is 2.10 bits per heavy atom. The lowest BCUT2D eigenvalue weighted by Gasteiger charge is -2.34. The zero-order valence-corrected chi connectivity index (χ0v) is 11.5. The summed E-state index contributed by atoms with van der Waals surface area (Å²) in [7, 11) is 0. The van der Waals surface area contributed by atoms with E-state index < -0.39 is 0 Å². The van der Waals surface area contributed by atoms with Gasteiger partial charge in [0.25, 0.3) is 5.91 Å². The van der Waals surface area contributed by atoms with Crippen molar-refractivity contribution in [1.82, 2.24) is 14.9 Å². The lowest BCUT2D eigenvalue weighted by molar-refractivity contribution is 0.0658. The molecule has 5 nitrogen and oxygen atoms in total. The van der Waals surface area contributed by atoms with E-state index in [1.807, 2.05) is 29.2 Å². The van der Waals surface area contributed by atoms with Crippen molar-refractivity contribution in [2.24, 2.45) is 11.7 Å². The van der Waals surface area contributed by atoms with Crippen LogP contribution in [0.15, 0.2) is 30.5 Å². The summed E-state index contributed by atoms with van der Waals surface area (Å²) < 4.78 is 0. The van der Waals surface area contributed by atoms with E-state index in [2.05, 4.69) is 16.9 Å². The van der Waals surface area contributed by atoms with Gasteiger partial charge in [0.05, 0.1) is 17.2 Å². The second-order valence-corrected chi connectivity index (χ2v) is 5.42. The first-order valence-corrected chi connectivity index (χ1v) is 6.92. The summed E-state index contributed by atoms with van der Waals surface area (Å²) in [6, 6.07) is 7.74. The zero-order chi connectivity index (χ0) is 14.1. The number of rotatable bonds is 1. The van der Waals surface area contributed by atoms with Gasteiger partial charge >= 0.3 is 0 Å². The largest absolute Gasteiger partial charge is 0.337 e. The fraction of sp³-hybridized carbons (Fsp3) is 0.400. The number of carbonyl (C=O) groups excluding carboxylic acids is 1. The van der Waals surface area contributed by atoms with Gasteiger partial charge in [-0.05, 0) is 24.5 Å². The number of para-hydroxylation sites is 2. The summed E-state index contributed by atoms with van der Waals surface area (Å²) in [6.45, 7) is 3.46. The second kappa shape index (κ2) is 5.17. The Balaban J connectivity index is 1.85. The third-order valence-electron chi connectivity index (χ3n) is 3.93. The van der Waals surface area contributed by atoms with Crippen LogP contribution in [0.5, 0.6) is 0 Å². The maximum atomic E-state index is 12.5. The minimum Gasteiger partial charge on any atom is -0.337 e. The van der Waals surface area contributed by atoms with E-state index in [1.165, 1.54) is 0 Å². The predicted octanol–water partition coefficient (Wildman–Crippen LogP) is 1.44. The maximum Gasteiger partial charge on any atom is 0.274 e. The van der Waals surface area contributed by atoms with Gasteiger partial charge in [-0.15, -0.1) is 0 Å². The lowest BCUT2D eigenvalue weighted by Crippen LogP contribution is -2.48. The zero-order valence-electron chi connectivity index (χ0n) is 11.5. The molecule has 2 unspecified atom stereocenters. The van der Waals surface area contributed by atoms with Crippen molar-refractivity contribution >= 4 is 16.9 Å². The molecular formula is C15H18N4O. The van der Waals surface area contributed by atoms with E-state index in [1.54, 1.807) is 6.20 Å². The highest BCUT2D eigenvalue weighted by Crippen LogP contribution is 2.17. The van der Waals surface area contributed by atoms with Gasteiger partial charge in [0.2, 0.25) is 0 Å². The third kappa shape index (κ3) is 2.36. The van der Waals surface area contributed by atoms with E-state index in [0.717, 1.165) is 17.5 Å². The summed E-state index contributed by atoms with van der Waals surface area (Å²) >= 11 is 0. The molecule has 1 aliphatic heterocycles. The standard InChI is InChI=1S/C15H18N4O/c1-10-9-19(7-6-11(10)16)15(20)14-8-17-12-4-2-3-5-13(12)18-14/h2-5,8,10-11H,6-7,9,16H2,1H3. The second-order valence-electron chi connectivity index (χ2n) is 5.42. The fourth-order valence-electron chi connectivity index (χ4n) is 2.57. The summed E-state index contributed by atoms with van der Waals surface area (Å²) in [5.74, 6) is 0.267. The Kier molecular flexibility index (Phi) is 3.36. The predicted molar refractivity (Wildman–Crippen MR) is 77.2 cm³/mol. The highest BCUT2D eigenvalue weighted by Gasteiger charge is 2.27. The van der Waals surface area contributed by atoms with Crippen molar-refractivity contribution in [3.05, 3.63) is 36.2 Å². The molecule has 1 aromatic carbocycles. The van der Waals surface area contributed by atoms with E-state index in [0.29, 0.717) is 24.7 Å². The highest BCUT2D eigenvalue weighted by molar-refractivity contribution is 5.93. The molecule has 0 saturated carbocycles. The summed E-state index contributed by atoms with van der Waals surface area (Å²) in [5, 5.41) is 0. The molecule has 20 heavy (non-hydrogen) atoms. The normalized spacial score (nSPS) is 23.0. The minimum absolute atomic E-state index is 0.0537. The average molecular weight is 270 g/mol. The number of aromatic nitrogens is 2. The number of likely N-dealkylation sites (tertiary alicyclic amines) is 1. The van der Waals surface area contributed by atoms with Crippen LogP contribution in [0.25, 0.3) is 11.0 Å². The van der Waals surface area contributed by atoms with Crippen LogP contribution in [-0.4, -0.2) is 39.9 Å². The summed E-state index contributed by atoms with van der Waals surface area (Å²) in [4.78, 5) is 23.0. The number of hydrogen-bond donors (Lipinski definition) is 1. The molecule has 0 spiro atoms. The number of piperidine rings is 1. The molecule has 1 aromatic heterocycles. The first kappa shape index (κ1) is 13.0. The molecule has 0 radical (unpaired) electrons. The summed E-state index contributed by atoms with van der Waals surface area (Å²) in [6.07, 6.45) is 2.40. The number of nitrogens with zero attached hydrogens (tertiary/aromatic N) is 3. The molecule has 0 aliphatic carbocycles. The van der Waals surface area contributed by atoms with Crippen LogP contribution in [-0.2, 0) is 0 Å². The van der Waals surface area contributed by atoms with Crippen LogP contribution in [0.1, 0.15) is 23.8 Å². The van der Waals surface area contributed by atoms with E-state index >= 15 is 0 Å². The molecule has 5 heteroatoms. The van der Waals surface area contributed by atoms with Gasteiger partial charge in [0.15, 0.2) is 0 Å². The first-order valence-electron chi connectivity index (χ1n) is 6.92. The molecule has 2 heterocycles. The molecule has 2 N–H and O–H groups in total. The van der Waals surface area contributed by atoms with Gasteiger partial charge in [-0.1, -0.05) is 19.1 Å². The molecule has 0 bridgehead atoms. The number of nitrogens with two attached hydrogens (primary N) is 1. The lowest BCUT2D eigenvalue weighted by atomic mass is 9.94. The summed E-state index contributed by atoms with van der Waals surface area (Å²) in [5.41, 5.74) is 7.95. The smallest absolute Gasteiger partial charge is 0.274 e. The van der Waals surface area contributed by atoms with Crippen LogP contribution in [0, 0.1) is 5.92 Å². The maximum absolute atomic E-state index is 12.5. The van der Waals surface area contributed by atoms with Crippen molar-refractivity contribution in [3.8, 4) is 0 Å². The molecular weight excluding hydrogens is 252 g/mol. The van der Waals surface area contributed by atoms with E-state index in [-0.39, 0.29) is 11.9 Å². The monoisotopic (exact) mass is 270 g/mol. The Morgan fingerprint density at radius 1 is 1.35 bits per heavy atom. The molecule has 104 valence electrons. The van der Waals surface area contributed by atoms with Crippen molar-refractivity contribution in [3.63, 3.8) is 0 Å². The van der Waals surface area contributed by atoms with Crippen LogP contribution in [0.3, 0.4) is 0 Å². The van der Waals surface area contributed by atoms with Crippen LogP contribution >= 0.6 is 0 Å². The third-order valence-corrected chi connectivity index (χ3v) is 3.93. The SMILES string of the molecule is CC1CN(C(=O)c2cnc3ccccc3n2)CCC1N. The number of fused-ring (bicyclic) bond motifs is 1. The number of carbonyl (C=O) groups is 1. The topological polar surface area (TPSA) is 72.1 Å². The Hall–Kier alpha value is -2.01. The fourth-order valence-corrected chi connectivity index (χ4v) is 2.57. The van der Waals surface area contributed by atoms with E-state index in [4.69, 9.17) is 5.73 Å². The van der Waals surface area contributed by atoms with Crippen molar-refractivity contribution in [2.75, 3.05) is 13.1 Å². The van der Waals surface area contributed by atoms with Gasteiger partial charge < -0.3 is 10.6 Å². The first-order chi connectivity index (χ1) is 9.65. The molecule has 2 atom stereocenters. The highest BCUT2D eigenvalue weighted by atomic mass is 16.2. The molecule has 3 rings (SSSR count). The van der Waals surface area contributed by atoms with Crippen molar-refractivity contribution in [2.45, 2.75) is 19.4 Å². The Morgan fingerprint density at radius 3 is 2.85 bits per heavy atom. The van der Waals surface area contributed by atoms with Gasteiger partial charge in [0, 0.05) is 19.1 Å². The van der Waals surface area contributed by atoms with Gasteiger partial charge in [-0.3, -0.25) is 9.78 Å². The number of benzene rings is 1. The van der Waals surface area contributed by atoms with Crippen LogP contribution in [0.2, 0.25) is 0 Å². The Labute approximate surface area is 117 Å². The Bertz CT molecular complexity index is 643. The van der Waals surface area contributed by atoms with Crippen LogP contribution in [0.4, 0.5) is 0 Å². The van der Waals surface area contributed by atoms with Gasteiger partial charge in [-0.25, -0.2) is 4.98 Å². The average Bonchev–Trinajstić information content (AvgIpc) is 2.49. The minimum atomic E-state index is -0.0537. The van der Waals surface area contributed by atoms with Crippen molar-refractivity contribution in [1.29, 1.82) is 0 Å². The van der Waals surface area contributed by atoms with Gasteiger partial charge in [-0.2, -0.15) is 0 Å². The number of hydrogen-bond acceptors (Lipinski definition) is 4. The molecule has 1 saturated heterocycles. The van der Waals surface area contributed by atoms with E-state index in [9.17, 15) is 4.79 Å². The molecule has 1 fully saturated rings. The van der Waals surface area contributed by atoms with Gasteiger partial charge in [0.1, 0.15) is 5.69 Å². The quantitative estimate of drug-likeness (QED) is 0.851. The van der Waals surface area contributed by atoms with Crippen LogP contribution < -0.4 is 5.73 Å².